The van der Waals surface area contributed by atoms with Gasteiger partial charge in [0.2, 0.25) is 11.3 Å². The van der Waals surface area contributed by atoms with Gasteiger partial charge in [0, 0.05) is 12.1 Å². The largest absolute Gasteiger partial charge is 1.00 e. The lowest BCUT2D eigenvalue weighted by Crippen LogP contribution is -3.00. The van der Waals surface area contributed by atoms with Gasteiger partial charge >= 0.3 is 0 Å². The van der Waals surface area contributed by atoms with E-state index < -0.39 is 0 Å². The Labute approximate surface area is 209 Å². The molecule has 3 aromatic rings. The third-order valence-corrected chi connectivity index (χ3v) is 4.31. The molecule has 0 saturated carbocycles. The quantitative estimate of drug-likeness (QED) is 0.229. The standard InChI is InChI=1S/C16H16NS.4HI.H2O/c1-2-3-7-12-8-6-11-15-16(12)17-13-9-4-5-10-14(13)18-15;;;;;/h4-6,8-11H,2-3,7H2,1H3;4*1H;1H2/q+1;;;;;/p-1. The van der Waals surface area contributed by atoms with Gasteiger partial charge in [0.1, 0.15) is 11.0 Å². The second-order valence-corrected chi connectivity index (χ2v) is 5.63. The zero-order chi connectivity index (χ0) is 12.4. The Bertz CT molecular complexity index is 712. The molecule has 1 heterocycles. The maximum atomic E-state index is 4.84. The first-order chi connectivity index (χ1) is 8.88. The number of hydrogen-bond donors (Lipinski definition) is 0. The predicted molar refractivity (Wildman–Crippen MR) is 130 cm³/mol. The molecule has 0 radical (unpaired) electrons. The van der Waals surface area contributed by atoms with Crippen LogP contribution in [0, 0.1) is 0 Å². The number of rotatable bonds is 3. The van der Waals surface area contributed by atoms with Crippen molar-refractivity contribution in [2.45, 2.75) is 26.2 Å². The average Bonchev–Trinajstić information content (AvgIpc) is 2.43. The fourth-order valence-electron chi connectivity index (χ4n) is 2.22. The zero-order valence-electron chi connectivity index (χ0n) is 12.6. The van der Waals surface area contributed by atoms with Crippen molar-refractivity contribution in [2.24, 2.45) is 0 Å². The predicted octanol–water partition coefficient (Wildman–Crippen LogP) is 3.11. The molecule has 0 aliphatic rings. The number of unbranched alkanes of at least 4 members (excludes halogenated alkanes) is 1. The van der Waals surface area contributed by atoms with Gasteiger partial charge in [-0.3, -0.25) is 0 Å². The Morgan fingerprint density at radius 2 is 1.57 bits per heavy atom. The molecule has 1 aromatic heterocycles. The lowest BCUT2D eigenvalue weighted by atomic mass is 10.1. The Morgan fingerprint density at radius 1 is 0.913 bits per heavy atom. The van der Waals surface area contributed by atoms with Gasteiger partial charge in [-0.25, -0.2) is 4.98 Å². The highest BCUT2D eigenvalue weighted by Gasteiger charge is 2.14. The van der Waals surface area contributed by atoms with E-state index in [4.69, 9.17) is 4.98 Å². The van der Waals surface area contributed by atoms with Gasteiger partial charge in [-0.15, -0.1) is 71.9 Å². The van der Waals surface area contributed by atoms with Crippen LogP contribution in [0.1, 0.15) is 25.3 Å². The minimum atomic E-state index is 0. The van der Waals surface area contributed by atoms with Crippen LogP contribution in [0.4, 0.5) is 0 Å². The Balaban J connectivity index is -0.000000800. The minimum absolute atomic E-state index is 0. The van der Waals surface area contributed by atoms with Gasteiger partial charge in [0.25, 0.3) is 9.40 Å². The highest BCUT2D eigenvalue weighted by atomic mass is 127. The molecule has 0 saturated heterocycles. The molecule has 130 valence electrons. The number of benzene rings is 2. The molecule has 2 N–H and O–H groups in total. The van der Waals surface area contributed by atoms with Crippen molar-refractivity contribution in [2.75, 3.05) is 0 Å². The fraction of sp³-hybridized carbons (Fsp3) is 0.250. The first kappa shape index (κ1) is 29.1. The monoisotopic (exact) mass is 783 g/mol. The summed E-state index contributed by atoms with van der Waals surface area (Å²) in [4.78, 5) is 4.84. The van der Waals surface area contributed by atoms with Crippen molar-refractivity contribution < 1.29 is 29.5 Å². The SMILES string of the molecule is CCCCc1cccc2[s+]c3ccccc3nc12.I.I.I.O.[I-]. The van der Waals surface area contributed by atoms with E-state index in [1.165, 1.54) is 33.3 Å². The maximum Gasteiger partial charge on any atom is 0.257 e. The number of fused-ring (bicyclic) bond motifs is 2. The van der Waals surface area contributed by atoms with Crippen LogP contribution in [-0.4, -0.2) is 10.5 Å². The maximum absolute atomic E-state index is 4.84. The Hall–Kier alpha value is 1.34. The van der Waals surface area contributed by atoms with Crippen molar-refractivity contribution >= 4 is 104 Å². The summed E-state index contributed by atoms with van der Waals surface area (Å²) in [6.07, 6.45) is 3.59. The molecule has 0 aliphatic heterocycles. The number of aromatic nitrogens is 1. The number of aryl methyl sites for hydroxylation is 1. The highest BCUT2D eigenvalue weighted by Crippen LogP contribution is 2.28. The lowest BCUT2D eigenvalue weighted by Gasteiger charge is -2.01. The molecule has 0 bridgehead atoms. The number of para-hydroxylation sites is 2. The van der Waals surface area contributed by atoms with Crippen molar-refractivity contribution in [1.82, 2.24) is 4.98 Å². The van der Waals surface area contributed by atoms with E-state index in [1.807, 2.05) is 11.3 Å². The molecule has 2 nitrogen and oxygen atoms in total. The average molecular weight is 783 g/mol. The molecule has 0 aliphatic carbocycles. The summed E-state index contributed by atoms with van der Waals surface area (Å²) in [6, 6.07) is 14.9. The molecular formula is C16H21I4NOS. The molecule has 0 spiro atoms. The molecule has 23 heavy (non-hydrogen) atoms. The summed E-state index contributed by atoms with van der Waals surface area (Å²) < 4.78 is 2.56. The first-order valence-electron chi connectivity index (χ1n) is 6.49. The zero-order valence-corrected chi connectivity index (χ0v) is 22.6. The van der Waals surface area contributed by atoms with Gasteiger partial charge in [-0.1, -0.05) is 37.6 Å². The number of hydrogen-bond acceptors (Lipinski definition) is 1. The van der Waals surface area contributed by atoms with Crippen LogP contribution in [0.3, 0.4) is 0 Å². The van der Waals surface area contributed by atoms with E-state index in [0.29, 0.717) is 0 Å². The van der Waals surface area contributed by atoms with Crippen molar-refractivity contribution in [3.63, 3.8) is 0 Å². The smallest absolute Gasteiger partial charge is 0.257 e. The molecular weight excluding hydrogens is 762 g/mol. The Morgan fingerprint density at radius 3 is 2.26 bits per heavy atom. The lowest BCUT2D eigenvalue weighted by molar-refractivity contribution is -0.00000498. The van der Waals surface area contributed by atoms with E-state index in [-0.39, 0.29) is 101 Å². The van der Waals surface area contributed by atoms with E-state index in [0.717, 1.165) is 11.9 Å². The molecule has 7 heteroatoms. The normalized spacial score (nSPS) is 8.74. The summed E-state index contributed by atoms with van der Waals surface area (Å²) in [5.74, 6) is 0. The van der Waals surface area contributed by atoms with Crippen LogP contribution in [0.5, 0.6) is 0 Å². The van der Waals surface area contributed by atoms with Crippen molar-refractivity contribution in [3.05, 3.63) is 48.0 Å². The van der Waals surface area contributed by atoms with Crippen LogP contribution in [0.2, 0.25) is 0 Å². The van der Waals surface area contributed by atoms with Gasteiger partial charge in [0.15, 0.2) is 0 Å². The van der Waals surface area contributed by atoms with Crippen LogP contribution >= 0.6 is 83.3 Å². The van der Waals surface area contributed by atoms with Gasteiger partial charge in [0.05, 0.1) is 0 Å². The Kier molecular flexibility index (Phi) is 18.4. The van der Waals surface area contributed by atoms with Crippen LogP contribution < -0.4 is 24.0 Å². The molecule has 0 amide bonds. The second-order valence-electron chi connectivity index (χ2n) is 4.55. The summed E-state index contributed by atoms with van der Waals surface area (Å²) in [5, 5.41) is 0. The molecule has 2 aromatic carbocycles. The minimum Gasteiger partial charge on any atom is -1.00 e. The van der Waals surface area contributed by atoms with Crippen LogP contribution in [0.15, 0.2) is 42.5 Å². The summed E-state index contributed by atoms with van der Waals surface area (Å²) in [5.41, 5.74) is 3.69. The molecule has 3 rings (SSSR count). The third-order valence-electron chi connectivity index (χ3n) is 3.20. The van der Waals surface area contributed by atoms with E-state index >= 15 is 0 Å². The number of nitrogens with zero attached hydrogens (tertiary/aromatic N) is 1. The second kappa shape index (κ2) is 14.5. The summed E-state index contributed by atoms with van der Waals surface area (Å²) in [6.45, 7) is 2.23. The van der Waals surface area contributed by atoms with Gasteiger partial charge in [-0.05, 0) is 24.5 Å². The fourth-order valence-corrected chi connectivity index (χ4v) is 3.24. The molecule has 0 atom stereocenters. The molecule has 0 fully saturated rings. The summed E-state index contributed by atoms with van der Waals surface area (Å²) in [7, 11) is 0. The molecule has 0 unspecified atom stereocenters. The van der Waals surface area contributed by atoms with E-state index in [2.05, 4.69) is 49.4 Å². The first-order valence-corrected chi connectivity index (χ1v) is 7.30. The highest BCUT2D eigenvalue weighted by molar-refractivity contribution is 14.0. The third kappa shape index (κ3) is 7.23. The topological polar surface area (TPSA) is 44.4 Å². The van der Waals surface area contributed by atoms with E-state index in [1.54, 1.807) is 0 Å². The van der Waals surface area contributed by atoms with Crippen LogP contribution in [-0.2, 0) is 6.42 Å². The van der Waals surface area contributed by atoms with Crippen LogP contribution in [0.25, 0.3) is 20.4 Å². The van der Waals surface area contributed by atoms with Crippen molar-refractivity contribution in [1.29, 1.82) is 0 Å². The number of halogens is 4. The summed E-state index contributed by atoms with van der Waals surface area (Å²) >= 11 is 1.84. The van der Waals surface area contributed by atoms with E-state index in [9.17, 15) is 0 Å². The van der Waals surface area contributed by atoms with Crippen molar-refractivity contribution in [3.8, 4) is 0 Å². The van der Waals surface area contributed by atoms with Gasteiger partial charge in [-0.2, -0.15) is 0 Å². The van der Waals surface area contributed by atoms with Gasteiger partial charge < -0.3 is 29.5 Å².